The average Bonchev–Trinajstić information content (AvgIpc) is 2.56. The van der Waals surface area contributed by atoms with Crippen LogP contribution in [0.5, 0.6) is 0 Å². The number of hydrogen-bond donors (Lipinski definition) is 2. The van der Waals surface area contributed by atoms with Gasteiger partial charge >= 0.3 is 0 Å². The summed E-state index contributed by atoms with van der Waals surface area (Å²) in [6, 6.07) is 0. The minimum atomic E-state index is 0.115. The number of aromatic nitrogens is 2. The zero-order chi connectivity index (χ0) is 10.1. The summed E-state index contributed by atoms with van der Waals surface area (Å²) in [5.74, 6) is 1.06. The van der Waals surface area contributed by atoms with Crippen molar-refractivity contribution < 1.29 is 5.21 Å². The number of aryl methyl sites for hydroxylation is 1. The lowest BCUT2D eigenvalue weighted by atomic mass is 10.1. The number of nitrogens with two attached hydrogens (primary N) is 1. The van der Waals surface area contributed by atoms with E-state index in [-0.39, 0.29) is 5.84 Å². The maximum Gasteiger partial charge on any atom is 0.190 e. The summed E-state index contributed by atoms with van der Waals surface area (Å²) >= 11 is 0. The molecule has 0 spiro atoms. The first kappa shape index (κ1) is 9.05. The zero-order valence-electron chi connectivity index (χ0n) is 8.19. The van der Waals surface area contributed by atoms with Crippen molar-refractivity contribution in [2.75, 3.05) is 0 Å². The van der Waals surface area contributed by atoms with Crippen molar-refractivity contribution in [3.8, 4) is 0 Å². The van der Waals surface area contributed by atoms with Crippen LogP contribution in [0.15, 0.2) is 5.16 Å². The molecule has 3 N–H and O–H groups in total. The monoisotopic (exact) mass is 194 g/mol. The number of amidine groups is 1. The Balaban J connectivity index is 2.52. The second-order valence-electron chi connectivity index (χ2n) is 3.55. The van der Waals surface area contributed by atoms with Gasteiger partial charge in [0.05, 0.1) is 0 Å². The molecule has 0 saturated carbocycles. The molecule has 0 unspecified atom stereocenters. The van der Waals surface area contributed by atoms with Crippen molar-refractivity contribution in [1.82, 2.24) is 9.55 Å². The third-order valence-corrected chi connectivity index (χ3v) is 2.66. The highest BCUT2D eigenvalue weighted by Crippen LogP contribution is 2.20. The highest BCUT2D eigenvalue weighted by molar-refractivity contribution is 5.96. The van der Waals surface area contributed by atoms with E-state index >= 15 is 0 Å². The Morgan fingerprint density at radius 1 is 1.57 bits per heavy atom. The van der Waals surface area contributed by atoms with Gasteiger partial charge in [-0.1, -0.05) is 5.16 Å². The molecular formula is C9H14N4O. The van der Waals surface area contributed by atoms with E-state index in [1.807, 2.05) is 6.92 Å². The van der Waals surface area contributed by atoms with Crippen molar-refractivity contribution in [2.24, 2.45) is 10.9 Å². The predicted molar refractivity (Wildman–Crippen MR) is 52.4 cm³/mol. The van der Waals surface area contributed by atoms with Crippen LogP contribution in [0.4, 0.5) is 0 Å². The van der Waals surface area contributed by atoms with Crippen molar-refractivity contribution in [2.45, 2.75) is 32.7 Å². The Morgan fingerprint density at radius 3 is 3.07 bits per heavy atom. The maximum atomic E-state index is 8.61. The normalized spacial score (nSPS) is 16.8. The summed E-state index contributed by atoms with van der Waals surface area (Å²) in [7, 11) is 0. The van der Waals surface area contributed by atoms with Gasteiger partial charge in [-0.2, -0.15) is 0 Å². The van der Waals surface area contributed by atoms with Crippen molar-refractivity contribution >= 4 is 5.84 Å². The Hall–Kier alpha value is -1.52. The van der Waals surface area contributed by atoms with Gasteiger partial charge in [0.25, 0.3) is 0 Å². The molecule has 0 saturated heterocycles. The number of rotatable bonds is 1. The molecule has 0 amide bonds. The van der Waals surface area contributed by atoms with Gasteiger partial charge in [-0.15, -0.1) is 0 Å². The molecule has 1 aromatic rings. The Bertz CT molecular complexity index is 380. The van der Waals surface area contributed by atoms with Crippen LogP contribution in [-0.2, 0) is 13.0 Å². The molecule has 0 aliphatic carbocycles. The summed E-state index contributed by atoms with van der Waals surface area (Å²) in [5.41, 5.74) is 7.30. The fraction of sp³-hybridized carbons (Fsp3) is 0.556. The van der Waals surface area contributed by atoms with Crippen LogP contribution in [0, 0.1) is 6.92 Å². The summed E-state index contributed by atoms with van der Waals surface area (Å²) in [6.07, 6.45) is 3.29. The lowest BCUT2D eigenvalue weighted by molar-refractivity contribution is 0.318. The Morgan fingerprint density at radius 2 is 2.36 bits per heavy atom. The number of fused-ring (bicyclic) bond motifs is 1. The number of hydrogen-bond acceptors (Lipinski definition) is 3. The van der Waals surface area contributed by atoms with E-state index in [9.17, 15) is 0 Å². The number of oxime groups is 1. The molecule has 14 heavy (non-hydrogen) atoms. The second-order valence-corrected chi connectivity index (χ2v) is 3.55. The smallest absolute Gasteiger partial charge is 0.190 e. The van der Waals surface area contributed by atoms with Gasteiger partial charge < -0.3 is 15.5 Å². The first-order chi connectivity index (χ1) is 6.74. The number of nitrogens with zero attached hydrogens (tertiary/aromatic N) is 3. The molecule has 0 atom stereocenters. The topological polar surface area (TPSA) is 76.4 Å². The van der Waals surface area contributed by atoms with E-state index in [1.165, 1.54) is 6.42 Å². The third-order valence-electron chi connectivity index (χ3n) is 2.66. The van der Waals surface area contributed by atoms with E-state index in [4.69, 9.17) is 10.9 Å². The lowest BCUT2D eigenvalue weighted by Crippen LogP contribution is -2.18. The molecule has 5 nitrogen and oxygen atoms in total. The van der Waals surface area contributed by atoms with Crippen LogP contribution >= 0.6 is 0 Å². The van der Waals surface area contributed by atoms with Gasteiger partial charge in [0, 0.05) is 12.2 Å². The van der Waals surface area contributed by atoms with Crippen LogP contribution in [0.1, 0.15) is 30.1 Å². The Labute approximate surface area is 82.2 Å². The minimum Gasteiger partial charge on any atom is -0.409 e. The standard InChI is InChI=1S/C9H14N4O/c1-6-11-8(9(10)12-14)7-4-2-3-5-13(6)7/h14H,2-5H2,1H3,(H2,10,12). The van der Waals surface area contributed by atoms with Crippen molar-refractivity contribution in [3.05, 3.63) is 17.2 Å². The molecule has 0 aromatic carbocycles. The molecule has 0 fully saturated rings. The average molecular weight is 194 g/mol. The lowest BCUT2D eigenvalue weighted by Gasteiger charge is -2.15. The highest BCUT2D eigenvalue weighted by atomic mass is 16.4. The number of imidazole rings is 1. The molecule has 76 valence electrons. The third kappa shape index (κ3) is 1.25. The van der Waals surface area contributed by atoms with Crippen LogP contribution in [0.2, 0.25) is 0 Å². The first-order valence-corrected chi connectivity index (χ1v) is 4.78. The molecule has 2 heterocycles. The van der Waals surface area contributed by atoms with Crippen molar-refractivity contribution in [3.63, 3.8) is 0 Å². The molecule has 1 aromatic heterocycles. The van der Waals surface area contributed by atoms with Gasteiger partial charge in [0.2, 0.25) is 0 Å². The summed E-state index contributed by atoms with van der Waals surface area (Å²) in [5, 5.41) is 11.6. The van der Waals surface area contributed by atoms with Gasteiger partial charge in [-0.25, -0.2) is 4.98 Å². The largest absolute Gasteiger partial charge is 0.409 e. The molecule has 0 radical (unpaired) electrons. The first-order valence-electron chi connectivity index (χ1n) is 4.78. The van der Waals surface area contributed by atoms with Crippen LogP contribution in [-0.4, -0.2) is 20.6 Å². The molecule has 5 heteroatoms. The second kappa shape index (κ2) is 3.32. The van der Waals surface area contributed by atoms with Crippen LogP contribution in [0.25, 0.3) is 0 Å². The SMILES string of the molecule is Cc1nc(/C(N)=N\O)c2n1CCCC2. The van der Waals surface area contributed by atoms with E-state index < -0.39 is 0 Å². The fourth-order valence-corrected chi connectivity index (χ4v) is 1.97. The molecule has 1 aliphatic rings. The molecule has 0 bridgehead atoms. The van der Waals surface area contributed by atoms with E-state index in [0.717, 1.165) is 30.9 Å². The predicted octanol–water partition coefficient (Wildman–Crippen LogP) is 0.622. The molecule has 2 rings (SSSR count). The maximum absolute atomic E-state index is 8.61. The van der Waals surface area contributed by atoms with Crippen LogP contribution < -0.4 is 5.73 Å². The molecular weight excluding hydrogens is 180 g/mol. The van der Waals surface area contributed by atoms with E-state index in [2.05, 4.69) is 14.7 Å². The summed E-state index contributed by atoms with van der Waals surface area (Å²) < 4.78 is 2.15. The Kier molecular flexibility index (Phi) is 2.15. The molecule has 1 aliphatic heterocycles. The van der Waals surface area contributed by atoms with Gasteiger partial charge in [0.1, 0.15) is 11.5 Å². The quantitative estimate of drug-likeness (QED) is 0.298. The highest BCUT2D eigenvalue weighted by Gasteiger charge is 2.19. The zero-order valence-corrected chi connectivity index (χ0v) is 8.19. The van der Waals surface area contributed by atoms with Gasteiger partial charge in [-0.3, -0.25) is 0 Å². The minimum absolute atomic E-state index is 0.115. The van der Waals surface area contributed by atoms with E-state index in [1.54, 1.807) is 0 Å². The van der Waals surface area contributed by atoms with Gasteiger partial charge in [-0.05, 0) is 26.2 Å². The summed E-state index contributed by atoms with van der Waals surface area (Å²) in [6.45, 7) is 2.94. The fourth-order valence-electron chi connectivity index (χ4n) is 1.97. The van der Waals surface area contributed by atoms with E-state index in [0.29, 0.717) is 5.69 Å². The van der Waals surface area contributed by atoms with Crippen molar-refractivity contribution in [1.29, 1.82) is 0 Å². The van der Waals surface area contributed by atoms with Crippen LogP contribution in [0.3, 0.4) is 0 Å². The summed E-state index contributed by atoms with van der Waals surface area (Å²) in [4.78, 5) is 4.31. The van der Waals surface area contributed by atoms with Gasteiger partial charge in [0.15, 0.2) is 5.84 Å².